The molecule has 6 heteroatoms. The number of carbonyl (C=O) groups is 1. The van der Waals surface area contributed by atoms with Gasteiger partial charge in [-0.2, -0.15) is 0 Å². The van der Waals surface area contributed by atoms with Gasteiger partial charge in [-0.25, -0.2) is 0 Å². The first-order chi connectivity index (χ1) is 9.02. The molecule has 0 saturated carbocycles. The highest BCUT2D eigenvalue weighted by molar-refractivity contribution is 5.76. The number of aromatic nitrogens is 1. The second-order valence-corrected chi connectivity index (χ2v) is 5.31. The molecule has 106 valence electrons. The Morgan fingerprint density at radius 3 is 3.11 bits per heavy atom. The summed E-state index contributed by atoms with van der Waals surface area (Å²) in [5, 5.41) is 16.9. The van der Waals surface area contributed by atoms with Crippen LogP contribution in [0, 0.1) is 6.92 Å². The molecule has 1 atom stereocenters. The van der Waals surface area contributed by atoms with E-state index >= 15 is 0 Å². The molecule has 1 fully saturated rings. The Balaban J connectivity index is 1.97. The van der Waals surface area contributed by atoms with Gasteiger partial charge in [0.25, 0.3) is 0 Å². The normalized spacial score (nSPS) is 24.4. The van der Waals surface area contributed by atoms with E-state index in [1.807, 2.05) is 6.92 Å². The lowest BCUT2D eigenvalue weighted by Gasteiger charge is -2.38. The Hall–Kier alpha value is -1.40. The van der Waals surface area contributed by atoms with Crippen LogP contribution in [0.3, 0.4) is 0 Å². The van der Waals surface area contributed by atoms with Crippen molar-refractivity contribution >= 4 is 5.91 Å². The molecule has 1 unspecified atom stereocenters. The molecular weight excluding hydrogens is 246 g/mol. The SMILES string of the molecule is CNC(=O)CC1(O)CCCN(Cc2conc2C)C1. The van der Waals surface area contributed by atoms with Crippen molar-refractivity contribution in [1.29, 1.82) is 0 Å². The van der Waals surface area contributed by atoms with Gasteiger partial charge < -0.3 is 14.9 Å². The van der Waals surface area contributed by atoms with Gasteiger partial charge in [-0.15, -0.1) is 0 Å². The Morgan fingerprint density at radius 2 is 2.47 bits per heavy atom. The van der Waals surface area contributed by atoms with Crippen molar-refractivity contribution in [3.8, 4) is 0 Å². The number of likely N-dealkylation sites (tertiary alicyclic amines) is 1. The van der Waals surface area contributed by atoms with Gasteiger partial charge in [-0.3, -0.25) is 9.69 Å². The molecule has 0 aromatic carbocycles. The van der Waals surface area contributed by atoms with Crippen molar-refractivity contribution in [2.45, 2.75) is 38.3 Å². The number of β-amino-alcohol motifs (C(OH)–C–C–N with tert-alkyl or cyclic N) is 1. The molecule has 19 heavy (non-hydrogen) atoms. The van der Waals surface area contributed by atoms with Crippen LogP contribution in [-0.2, 0) is 11.3 Å². The number of rotatable bonds is 4. The van der Waals surface area contributed by atoms with Crippen molar-refractivity contribution in [3.63, 3.8) is 0 Å². The summed E-state index contributed by atoms with van der Waals surface area (Å²) < 4.78 is 4.92. The van der Waals surface area contributed by atoms with Crippen LogP contribution in [0.2, 0.25) is 0 Å². The van der Waals surface area contributed by atoms with E-state index < -0.39 is 5.60 Å². The van der Waals surface area contributed by atoms with Crippen LogP contribution >= 0.6 is 0 Å². The third kappa shape index (κ3) is 3.54. The highest BCUT2D eigenvalue weighted by atomic mass is 16.5. The van der Waals surface area contributed by atoms with Gasteiger partial charge >= 0.3 is 0 Å². The number of hydrogen-bond donors (Lipinski definition) is 2. The molecule has 1 aromatic heterocycles. The topological polar surface area (TPSA) is 78.6 Å². The number of piperidine rings is 1. The van der Waals surface area contributed by atoms with Crippen molar-refractivity contribution in [2.24, 2.45) is 0 Å². The molecule has 1 aliphatic heterocycles. The zero-order chi connectivity index (χ0) is 13.9. The van der Waals surface area contributed by atoms with Gasteiger partial charge in [-0.1, -0.05) is 5.16 Å². The van der Waals surface area contributed by atoms with Crippen LogP contribution in [-0.4, -0.2) is 46.8 Å². The summed E-state index contributed by atoms with van der Waals surface area (Å²) in [4.78, 5) is 13.6. The molecule has 1 amide bonds. The first-order valence-electron chi connectivity index (χ1n) is 6.57. The number of amides is 1. The lowest BCUT2D eigenvalue weighted by molar-refractivity contribution is -0.128. The maximum atomic E-state index is 11.4. The van der Waals surface area contributed by atoms with Crippen molar-refractivity contribution in [3.05, 3.63) is 17.5 Å². The highest BCUT2D eigenvalue weighted by Gasteiger charge is 2.35. The molecule has 0 spiro atoms. The average Bonchev–Trinajstić information content (AvgIpc) is 2.74. The third-order valence-electron chi connectivity index (χ3n) is 3.65. The fourth-order valence-corrected chi connectivity index (χ4v) is 2.58. The first-order valence-corrected chi connectivity index (χ1v) is 6.57. The van der Waals surface area contributed by atoms with Gasteiger partial charge in [0.05, 0.1) is 17.7 Å². The van der Waals surface area contributed by atoms with Crippen LogP contribution in [0.25, 0.3) is 0 Å². The Morgan fingerprint density at radius 1 is 1.68 bits per heavy atom. The van der Waals surface area contributed by atoms with E-state index in [1.54, 1.807) is 13.3 Å². The minimum atomic E-state index is -0.927. The van der Waals surface area contributed by atoms with Gasteiger partial charge in [0.2, 0.25) is 5.91 Å². The van der Waals surface area contributed by atoms with Crippen LogP contribution in [0.5, 0.6) is 0 Å². The molecule has 1 aliphatic rings. The second kappa shape index (κ2) is 5.71. The Kier molecular flexibility index (Phi) is 4.21. The maximum Gasteiger partial charge on any atom is 0.222 e. The maximum absolute atomic E-state index is 11.4. The lowest BCUT2D eigenvalue weighted by atomic mass is 9.89. The third-order valence-corrected chi connectivity index (χ3v) is 3.65. The predicted octanol–water partition coefficient (Wildman–Crippen LogP) is 0.446. The van der Waals surface area contributed by atoms with E-state index in [2.05, 4.69) is 15.4 Å². The van der Waals surface area contributed by atoms with E-state index in [1.165, 1.54) is 0 Å². The zero-order valence-corrected chi connectivity index (χ0v) is 11.5. The molecule has 2 N–H and O–H groups in total. The average molecular weight is 267 g/mol. The first kappa shape index (κ1) is 14.0. The minimum absolute atomic E-state index is 0.120. The van der Waals surface area contributed by atoms with Gasteiger partial charge in [0.15, 0.2) is 0 Å². The molecule has 2 rings (SSSR count). The summed E-state index contributed by atoms with van der Waals surface area (Å²) in [7, 11) is 1.59. The highest BCUT2D eigenvalue weighted by Crippen LogP contribution is 2.26. The summed E-state index contributed by atoms with van der Waals surface area (Å²) in [5.74, 6) is -0.120. The van der Waals surface area contributed by atoms with E-state index in [9.17, 15) is 9.90 Å². The Labute approximate surface area is 112 Å². The molecule has 6 nitrogen and oxygen atoms in total. The largest absolute Gasteiger partial charge is 0.388 e. The number of hydrogen-bond acceptors (Lipinski definition) is 5. The minimum Gasteiger partial charge on any atom is -0.388 e. The molecule has 1 aromatic rings. The number of carbonyl (C=O) groups excluding carboxylic acids is 1. The van der Waals surface area contributed by atoms with Crippen LogP contribution < -0.4 is 5.32 Å². The molecular formula is C13H21N3O3. The fourth-order valence-electron chi connectivity index (χ4n) is 2.58. The standard InChI is InChI=1S/C13H21N3O3/c1-10-11(8-19-15-10)7-16-5-3-4-13(18,9-16)6-12(17)14-2/h8,18H,3-7,9H2,1-2H3,(H,14,17). The van der Waals surface area contributed by atoms with Gasteiger partial charge in [0, 0.05) is 25.7 Å². The molecule has 0 bridgehead atoms. The molecule has 2 heterocycles. The lowest BCUT2D eigenvalue weighted by Crippen LogP contribution is -2.49. The number of nitrogens with one attached hydrogen (secondary N) is 1. The second-order valence-electron chi connectivity index (χ2n) is 5.31. The quantitative estimate of drug-likeness (QED) is 0.828. The van der Waals surface area contributed by atoms with Crippen molar-refractivity contribution in [1.82, 2.24) is 15.4 Å². The number of nitrogens with zero attached hydrogens (tertiary/aromatic N) is 2. The van der Waals surface area contributed by atoms with Crippen molar-refractivity contribution < 1.29 is 14.4 Å². The summed E-state index contributed by atoms with van der Waals surface area (Å²) in [6, 6.07) is 0. The summed E-state index contributed by atoms with van der Waals surface area (Å²) in [6.07, 6.45) is 3.35. The van der Waals surface area contributed by atoms with Crippen LogP contribution in [0.1, 0.15) is 30.5 Å². The Bertz CT molecular complexity index is 446. The number of aliphatic hydroxyl groups is 1. The fraction of sp³-hybridized carbons (Fsp3) is 0.692. The van der Waals surface area contributed by atoms with Gasteiger partial charge in [0.1, 0.15) is 6.26 Å². The number of aryl methyl sites for hydroxylation is 1. The monoisotopic (exact) mass is 267 g/mol. The predicted molar refractivity (Wildman–Crippen MR) is 69.4 cm³/mol. The summed E-state index contributed by atoms with van der Waals surface area (Å²) in [5.41, 5.74) is 0.980. The summed E-state index contributed by atoms with van der Waals surface area (Å²) in [6.45, 7) is 4.02. The zero-order valence-electron chi connectivity index (χ0n) is 11.5. The van der Waals surface area contributed by atoms with E-state index in [4.69, 9.17) is 4.52 Å². The van der Waals surface area contributed by atoms with Crippen molar-refractivity contribution in [2.75, 3.05) is 20.1 Å². The smallest absolute Gasteiger partial charge is 0.222 e. The molecule has 1 saturated heterocycles. The van der Waals surface area contributed by atoms with E-state index in [0.717, 1.165) is 24.2 Å². The van der Waals surface area contributed by atoms with Gasteiger partial charge in [-0.05, 0) is 26.3 Å². The van der Waals surface area contributed by atoms with Crippen LogP contribution in [0.15, 0.2) is 10.8 Å². The summed E-state index contributed by atoms with van der Waals surface area (Å²) >= 11 is 0. The van der Waals surface area contributed by atoms with E-state index in [0.29, 0.717) is 19.5 Å². The molecule has 0 radical (unpaired) electrons. The molecule has 0 aliphatic carbocycles. The van der Waals surface area contributed by atoms with Crippen LogP contribution in [0.4, 0.5) is 0 Å². The van der Waals surface area contributed by atoms with E-state index in [-0.39, 0.29) is 12.3 Å².